The number of nitrogens with one attached hydrogen (secondary N) is 1. The molecule has 14 heavy (non-hydrogen) atoms. The third-order valence-electron chi connectivity index (χ3n) is 1.96. The fourth-order valence-electron chi connectivity index (χ4n) is 1.34. The number of hydrogen-bond acceptors (Lipinski definition) is 4. The molecule has 0 saturated carbocycles. The molecule has 2 rings (SSSR count). The lowest BCUT2D eigenvalue weighted by atomic mass is 10.2. The molecule has 1 heterocycles. The fraction of sp³-hybridized carbons (Fsp3) is 0.100. The number of para-hydroxylation sites is 1. The standard InChI is InChI=1S/C10H8N4/c1-7-8-4-2-3-5-9(8)14-10(13-7)12-6-11/h2-5H,1H3,(H,12,13,14). The van der Waals surface area contributed by atoms with Gasteiger partial charge < -0.3 is 0 Å². The molecule has 0 amide bonds. The highest BCUT2D eigenvalue weighted by Crippen LogP contribution is 2.15. The normalized spacial score (nSPS) is 9.71. The van der Waals surface area contributed by atoms with Crippen molar-refractivity contribution in [2.45, 2.75) is 6.92 Å². The molecule has 4 nitrogen and oxygen atoms in total. The van der Waals surface area contributed by atoms with Crippen LogP contribution in [0.5, 0.6) is 0 Å². The van der Waals surface area contributed by atoms with Crippen molar-refractivity contribution in [3.8, 4) is 6.19 Å². The topological polar surface area (TPSA) is 61.6 Å². The summed E-state index contributed by atoms with van der Waals surface area (Å²) in [4.78, 5) is 8.33. The second-order valence-corrected chi connectivity index (χ2v) is 2.89. The predicted octanol–water partition coefficient (Wildman–Crippen LogP) is 1.83. The molecule has 0 aliphatic heterocycles. The quantitative estimate of drug-likeness (QED) is 0.542. The van der Waals surface area contributed by atoms with Crippen LogP contribution in [0, 0.1) is 18.4 Å². The molecular formula is C10H8N4. The van der Waals surface area contributed by atoms with Crippen molar-refractivity contribution in [3.05, 3.63) is 30.0 Å². The third-order valence-corrected chi connectivity index (χ3v) is 1.96. The Bertz CT molecular complexity index is 513. The summed E-state index contributed by atoms with van der Waals surface area (Å²) in [7, 11) is 0. The lowest BCUT2D eigenvalue weighted by Gasteiger charge is -2.02. The van der Waals surface area contributed by atoms with E-state index >= 15 is 0 Å². The molecule has 0 spiro atoms. The van der Waals surface area contributed by atoms with E-state index in [1.165, 1.54) is 0 Å². The van der Waals surface area contributed by atoms with Crippen molar-refractivity contribution in [2.75, 3.05) is 5.32 Å². The van der Waals surface area contributed by atoms with E-state index < -0.39 is 0 Å². The first-order valence-corrected chi connectivity index (χ1v) is 4.20. The van der Waals surface area contributed by atoms with Gasteiger partial charge in [0.15, 0.2) is 6.19 Å². The summed E-state index contributed by atoms with van der Waals surface area (Å²) in [5, 5.41) is 11.9. The first-order chi connectivity index (χ1) is 6.81. The molecule has 0 aliphatic rings. The van der Waals surface area contributed by atoms with E-state index in [1.807, 2.05) is 31.2 Å². The van der Waals surface area contributed by atoms with Crippen LogP contribution in [-0.2, 0) is 0 Å². The van der Waals surface area contributed by atoms with E-state index in [0.29, 0.717) is 5.95 Å². The van der Waals surface area contributed by atoms with Crippen LogP contribution in [0.1, 0.15) is 5.69 Å². The maximum absolute atomic E-state index is 8.44. The number of aryl methyl sites for hydroxylation is 1. The molecule has 0 saturated heterocycles. The molecule has 1 aromatic carbocycles. The molecule has 0 unspecified atom stereocenters. The monoisotopic (exact) mass is 184 g/mol. The fourth-order valence-corrected chi connectivity index (χ4v) is 1.34. The van der Waals surface area contributed by atoms with Crippen molar-refractivity contribution >= 4 is 16.9 Å². The number of anilines is 1. The van der Waals surface area contributed by atoms with Gasteiger partial charge in [-0.1, -0.05) is 18.2 Å². The summed E-state index contributed by atoms with van der Waals surface area (Å²) >= 11 is 0. The predicted molar refractivity (Wildman–Crippen MR) is 53.5 cm³/mol. The molecule has 1 aromatic heterocycles. The maximum Gasteiger partial charge on any atom is 0.236 e. The number of aromatic nitrogens is 2. The average molecular weight is 184 g/mol. The molecular weight excluding hydrogens is 176 g/mol. The van der Waals surface area contributed by atoms with Gasteiger partial charge in [-0.05, 0) is 13.0 Å². The number of nitrogens with zero attached hydrogens (tertiary/aromatic N) is 3. The van der Waals surface area contributed by atoms with Crippen molar-refractivity contribution in [2.24, 2.45) is 0 Å². The van der Waals surface area contributed by atoms with Crippen molar-refractivity contribution in [3.63, 3.8) is 0 Å². The highest BCUT2D eigenvalue weighted by atomic mass is 15.1. The van der Waals surface area contributed by atoms with Crippen LogP contribution >= 0.6 is 0 Å². The molecule has 1 N–H and O–H groups in total. The smallest absolute Gasteiger partial charge is 0.236 e. The van der Waals surface area contributed by atoms with E-state index in [9.17, 15) is 0 Å². The van der Waals surface area contributed by atoms with Crippen LogP contribution in [0.2, 0.25) is 0 Å². The minimum Gasteiger partial charge on any atom is -0.261 e. The molecule has 0 bridgehead atoms. The number of hydrogen-bond donors (Lipinski definition) is 1. The van der Waals surface area contributed by atoms with Crippen LogP contribution in [0.25, 0.3) is 10.9 Å². The summed E-state index contributed by atoms with van der Waals surface area (Å²) < 4.78 is 0. The zero-order valence-corrected chi connectivity index (χ0v) is 7.65. The summed E-state index contributed by atoms with van der Waals surface area (Å²) in [6.45, 7) is 1.90. The van der Waals surface area contributed by atoms with Crippen molar-refractivity contribution < 1.29 is 0 Å². The lowest BCUT2D eigenvalue weighted by molar-refractivity contribution is 1.15. The van der Waals surface area contributed by atoms with E-state index in [2.05, 4.69) is 15.3 Å². The molecule has 68 valence electrons. The minimum absolute atomic E-state index is 0.351. The second-order valence-electron chi connectivity index (χ2n) is 2.89. The number of benzene rings is 1. The Balaban J connectivity index is 2.67. The maximum atomic E-state index is 8.44. The first-order valence-electron chi connectivity index (χ1n) is 4.20. The Hall–Kier alpha value is -2.15. The Labute approximate surface area is 81.2 Å². The summed E-state index contributed by atoms with van der Waals surface area (Å²) in [6.07, 6.45) is 1.80. The highest BCUT2D eigenvalue weighted by Gasteiger charge is 2.02. The highest BCUT2D eigenvalue weighted by molar-refractivity contribution is 5.81. The van der Waals surface area contributed by atoms with Crippen molar-refractivity contribution in [1.82, 2.24) is 9.97 Å². The van der Waals surface area contributed by atoms with Crippen LogP contribution in [0.4, 0.5) is 5.95 Å². The van der Waals surface area contributed by atoms with E-state index in [1.54, 1.807) is 6.19 Å². The van der Waals surface area contributed by atoms with E-state index in [4.69, 9.17) is 5.26 Å². The SMILES string of the molecule is Cc1nc(NC#N)nc2ccccc12. The second kappa shape index (κ2) is 3.30. The van der Waals surface area contributed by atoms with Crippen molar-refractivity contribution in [1.29, 1.82) is 5.26 Å². The molecule has 2 aromatic rings. The molecule has 0 atom stereocenters. The van der Waals surface area contributed by atoms with Gasteiger partial charge in [-0.15, -0.1) is 0 Å². The van der Waals surface area contributed by atoms with Gasteiger partial charge in [0.2, 0.25) is 5.95 Å². The number of nitriles is 1. The van der Waals surface area contributed by atoms with Crippen LogP contribution in [0.15, 0.2) is 24.3 Å². The molecule has 4 heteroatoms. The summed E-state index contributed by atoms with van der Waals surface area (Å²) in [6, 6.07) is 7.70. The largest absolute Gasteiger partial charge is 0.261 e. The summed E-state index contributed by atoms with van der Waals surface area (Å²) in [5.74, 6) is 0.351. The van der Waals surface area contributed by atoms with Gasteiger partial charge >= 0.3 is 0 Å². The summed E-state index contributed by atoms with van der Waals surface area (Å²) in [5.41, 5.74) is 1.71. The van der Waals surface area contributed by atoms with Gasteiger partial charge in [-0.25, -0.2) is 9.97 Å². The zero-order chi connectivity index (χ0) is 9.97. The molecule has 0 fully saturated rings. The van der Waals surface area contributed by atoms with Crippen LogP contribution in [-0.4, -0.2) is 9.97 Å². The van der Waals surface area contributed by atoms with Gasteiger partial charge in [0.1, 0.15) is 0 Å². The Morgan fingerprint density at radius 3 is 2.86 bits per heavy atom. The lowest BCUT2D eigenvalue weighted by Crippen LogP contribution is -1.98. The van der Waals surface area contributed by atoms with Gasteiger partial charge in [0.25, 0.3) is 0 Å². The van der Waals surface area contributed by atoms with Gasteiger partial charge in [0.05, 0.1) is 11.2 Å². The number of rotatable bonds is 1. The van der Waals surface area contributed by atoms with E-state index in [0.717, 1.165) is 16.6 Å². The zero-order valence-electron chi connectivity index (χ0n) is 7.65. The Kier molecular flexibility index (Phi) is 1.99. The Morgan fingerprint density at radius 2 is 2.07 bits per heavy atom. The van der Waals surface area contributed by atoms with Gasteiger partial charge in [-0.2, -0.15) is 5.26 Å². The first kappa shape index (κ1) is 8.45. The van der Waals surface area contributed by atoms with E-state index in [-0.39, 0.29) is 0 Å². The third kappa shape index (κ3) is 1.36. The molecule has 0 aliphatic carbocycles. The van der Waals surface area contributed by atoms with Crippen LogP contribution in [0.3, 0.4) is 0 Å². The molecule has 0 radical (unpaired) electrons. The van der Waals surface area contributed by atoms with Gasteiger partial charge in [-0.3, -0.25) is 5.32 Å². The van der Waals surface area contributed by atoms with Gasteiger partial charge in [0, 0.05) is 5.39 Å². The average Bonchev–Trinajstić information content (AvgIpc) is 2.18. The minimum atomic E-state index is 0.351. The Morgan fingerprint density at radius 1 is 1.29 bits per heavy atom. The van der Waals surface area contributed by atoms with Crippen LogP contribution < -0.4 is 5.32 Å². The number of fused-ring (bicyclic) bond motifs is 1.